The van der Waals surface area contributed by atoms with Gasteiger partial charge in [-0.25, -0.2) is 4.79 Å². The van der Waals surface area contributed by atoms with Gasteiger partial charge >= 0.3 is 6.16 Å². The number of para-hydroxylation sites is 1. The first kappa shape index (κ1) is 22.5. The van der Waals surface area contributed by atoms with Crippen molar-refractivity contribution >= 4 is 27.8 Å². The van der Waals surface area contributed by atoms with Crippen molar-refractivity contribution in [2.75, 3.05) is 6.61 Å². The molecule has 0 aliphatic rings. The molecule has 5 heteroatoms. The minimum atomic E-state index is -1.31. The molecule has 0 radical (unpaired) electrons. The molecule has 5 aromatic rings. The molecule has 0 saturated heterocycles. The number of aryl methyl sites for hydroxylation is 2. The van der Waals surface area contributed by atoms with E-state index >= 15 is 0 Å². The molecular weight excluding hydrogens is 438 g/mol. The lowest BCUT2D eigenvalue weighted by molar-refractivity contribution is 0.140. The molecule has 35 heavy (non-hydrogen) atoms. The number of aromatic nitrogens is 1. The number of ether oxygens (including phenoxy) is 2. The van der Waals surface area contributed by atoms with Crippen molar-refractivity contribution in [3.8, 4) is 11.6 Å². The van der Waals surface area contributed by atoms with Crippen LogP contribution >= 0.6 is 0 Å². The van der Waals surface area contributed by atoms with Crippen LogP contribution in [0.15, 0.2) is 91.0 Å². The molecule has 0 spiro atoms. The van der Waals surface area contributed by atoms with E-state index in [1.807, 2.05) is 65.2 Å². The molecule has 1 aromatic heterocycles. The zero-order chi connectivity index (χ0) is 24.2. The summed E-state index contributed by atoms with van der Waals surface area (Å²) in [4.78, 5) is 11.6. The fourth-order valence-corrected chi connectivity index (χ4v) is 4.67. The normalized spacial score (nSPS) is 11.1. The molecule has 0 aliphatic heterocycles. The number of rotatable bonds is 8. The van der Waals surface area contributed by atoms with Gasteiger partial charge in [-0.1, -0.05) is 78.9 Å². The van der Waals surface area contributed by atoms with Gasteiger partial charge in [0.15, 0.2) is 0 Å². The third kappa shape index (κ3) is 4.71. The zero-order valence-corrected chi connectivity index (χ0v) is 19.6. The maximum absolute atomic E-state index is 11.6. The topological polar surface area (TPSA) is 60.7 Å². The van der Waals surface area contributed by atoms with E-state index in [9.17, 15) is 9.90 Å². The van der Waals surface area contributed by atoms with Crippen LogP contribution in [-0.2, 0) is 13.0 Å². The predicted molar refractivity (Wildman–Crippen MR) is 139 cm³/mol. The second kappa shape index (κ2) is 9.94. The smallest absolute Gasteiger partial charge is 0.493 e. The summed E-state index contributed by atoms with van der Waals surface area (Å²) in [5.41, 5.74) is 4.14. The van der Waals surface area contributed by atoms with Crippen LogP contribution in [0, 0.1) is 6.92 Å². The van der Waals surface area contributed by atoms with E-state index in [2.05, 4.69) is 37.3 Å². The molecule has 4 aromatic carbocycles. The van der Waals surface area contributed by atoms with E-state index in [-0.39, 0.29) is 0 Å². The van der Waals surface area contributed by atoms with E-state index < -0.39 is 6.16 Å². The summed E-state index contributed by atoms with van der Waals surface area (Å²) < 4.78 is 13.5. The lowest BCUT2D eigenvalue weighted by Gasteiger charge is -2.13. The van der Waals surface area contributed by atoms with E-state index in [1.165, 1.54) is 0 Å². The Labute approximate surface area is 204 Å². The highest BCUT2D eigenvalue weighted by atomic mass is 16.7. The van der Waals surface area contributed by atoms with Gasteiger partial charge in [-0.15, -0.1) is 0 Å². The quantitative estimate of drug-likeness (QED) is 0.194. The summed E-state index contributed by atoms with van der Waals surface area (Å²) in [5, 5.41) is 12.7. The third-order valence-corrected chi connectivity index (χ3v) is 6.37. The van der Waals surface area contributed by atoms with Crippen molar-refractivity contribution in [1.82, 2.24) is 4.57 Å². The Bertz CT molecular complexity index is 1500. The molecule has 0 amide bonds. The fourth-order valence-electron chi connectivity index (χ4n) is 4.67. The predicted octanol–water partition coefficient (Wildman–Crippen LogP) is 7.22. The third-order valence-electron chi connectivity index (χ3n) is 6.37. The Hall–Kier alpha value is -4.25. The van der Waals surface area contributed by atoms with Crippen LogP contribution in [-0.4, -0.2) is 22.4 Å². The van der Waals surface area contributed by atoms with Crippen LogP contribution in [0.3, 0.4) is 0 Å². The van der Waals surface area contributed by atoms with Gasteiger partial charge in [0.2, 0.25) is 5.88 Å². The van der Waals surface area contributed by atoms with Gasteiger partial charge in [-0.2, -0.15) is 0 Å². The molecule has 0 unspecified atom stereocenters. The highest BCUT2D eigenvalue weighted by Gasteiger charge is 2.21. The van der Waals surface area contributed by atoms with Crippen LogP contribution < -0.4 is 9.47 Å². The van der Waals surface area contributed by atoms with Crippen molar-refractivity contribution in [1.29, 1.82) is 0 Å². The van der Waals surface area contributed by atoms with E-state index in [0.717, 1.165) is 44.1 Å². The molecule has 1 heterocycles. The summed E-state index contributed by atoms with van der Waals surface area (Å²) in [6, 6.07) is 30.3. The van der Waals surface area contributed by atoms with Crippen molar-refractivity contribution in [2.45, 2.75) is 26.3 Å². The first-order valence-corrected chi connectivity index (χ1v) is 11.8. The van der Waals surface area contributed by atoms with Crippen molar-refractivity contribution in [3.05, 3.63) is 108 Å². The highest BCUT2D eigenvalue weighted by Crippen LogP contribution is 2.35. The van der Waals surface area contributed by atoms with Gasteiger partial charge in [0.1, 0.15) is 5.75 Å². The number of hydrogen-bond acceptors (Lipinski definition) is 3. The Kier molecular flexibility index (Phi) is 6.40. The highest BCUT2D eigenvalue weighted by molar-refractivity contribution is 5.89. The number of carboxylic acid groups (broad SMARTS) is 1. The van der Waals surface area contributed by atoms with Crippen LogP contribution in [0.1, 0.15) is 23.1 Å². The van der Waals surface area contributed by atoms with Gasteiger partial charge in [0, 0.05) is 29.3 Å². The molecule has 0 fully saturated rings. The largest absolute Gasteiger partial charge is 0.512 e. The van der Waals surface area contributed by atoms with Gasteiger partial charge in [-0.05, 0) is 42.0 Å². The van der Waals surface area contributed by atoms with Crippen LogP contribution in [0.25, 0.3) is 21.7 Å². The summed E-state index contributed by atoms with van der Waals surface area (Å²) in [6.07, 6.45) is -0.0242. The summed E-state index contributed by atoms with van der Waals surface area (Å²) in [7, 11) is 0. The molecule has 0 bridgehead atoms. The maximum atomic E-state index is 11.6. The number of nitrogens with zero attached hydrogens (tertiary/aromatic N) is 1. The minimum Gasteiger partial charge on any atom is -0.493 e. The molecular formula is C30H27NO4. The average Bonchev–Trinajstić information content (AvgIpc) is 3.15. The van der Waals surface area contributed by atoms with Gasteiger partial charge in [0.25, 0.3) is 0 Å². The van der Waals surface area contributed by atoms with E-state index in [4.69, 9.17) is 9.47 Å². The Morgan fingerprint density at radius 2 is 1.57 bits per heavy atom. The molecule has 0 aliphatic carbocycles. The average molecular weight is 466 g/mol. The minimum absolute atomic E-state index is 0.382. The molecule has 0 saturated carbocycles. The Morgan fingerprint density at radius 3 is 2.40 bits per heavy atom. The maximum Gasteiger partial charge on any atom is 0.512 e. The number of carbonyl (C=O) groups is 1. The second-order valence-electron chi connectivity index (χ2n) is 8.60. The molecule has 176 valence electrons. The lowest BCUT2D eigenvalue weighted by Crippen LogP contribution is -2.12. The monoisotopic (exact) mass is 465 g/mol. The molecule has 0 atom stereocenters. The Morgan fingerprint density at radius 1 is 0.857 bits per heavy atom. The molecule has 1 N–H and O–H groups in total. The Balaban J connectivity index is 1.43. The second-order valence-corrected chi connectivity index (χ2v) is 8.60. The lowest BCUT2D eigenvalue weighted by atomic mass is 10.00. The van der Waals surface area contributed by atoms with Crippen molar-refractivity contribution < 1.29 is 19.4 Å². The van der Waals surface area contributed by atoms with Gasteiger partial charge in [-0.3, -0.25) is 0 Å². The summed E-state index contributed by atoms with van der Waals surface area (Å²) in [5.74, 6) is 1.23. The van der Waals surface area contributed by atoms with Gasteiger partial charge in [0.05, 0.1) is 12.1 Å². The SMILES string of the molecule is Cc1ccccc1Cc1c(OC(=O)O)n(CCCOc2cccc3ccccc23)c2ccccc12. The number of benzene rings is 4. The summed E-state index contributed by atoms with van der Waals surface area (Å²) >= 11 is 0. The zero-order valence-electron chi connectivity index (χ0n) is 19.6. The van der Waals surface area contributed by atoms with Crippen LogP contribution in [0.2, 0.25) is 0 Å². The van der Waals surface area contributed by atoms with E-state index in [1.54, 1.807) is 0 Å². The molecule has 5 nitrogen and oxygen atoms in total. The van der Waals surface area contributed by atoms with Crippen molar-refractivity contribution in [3.63, 3.8) is 0 Å². The van der Waals surface area contributed by atoms with Crippen LogP contribution in [0.5, 0.6) is 11.6 Å². The van der Waals surface area contributed by atoms with Gasteiger partial charge < -0.3 is 19.1 Å². The number of fused-ring (bicyclic) bond motifs is 2. The number of hydrogen-bond donors (Lipinski definition) is 1. The standard InChI is InChI=1S/C30H27NO4/c1-21-10-2-3-12-23(21)20-26-25-15-6-7-16-27(25)31(29(26)35-30(32)33)18-9-19-34-28-17-8-13-22-11-4-5-14-24(22)28/h2-8,10-17H,9,18-20H2,1H3,(H,32,33). The first-order valence-electron chi connectivity index (χ1n) is 11.8. The van der Waals surface area contributed by atoms with E-state index in [0.29, 0.717) is 31.9 Å². The molecule has 5 rings (SSSR count). The fraction of sp³-hybridized carbons (Fsp3) is 0.167. The van der Waals surface area contributed by atoms with Crippen LogP contribution in [0.4, 0.5) is 4.79 Å². The van der Waals surface area contributed by atoms with Crippen molar-refractivity contribution in [2.24, 2.45) is 0 Å². The first-order chi connectivity index (χ1) is 17.1. The summed E-state index contributed by atoms with van der Waals surface area (Å²) in [6.45, 7) is 3.14.